The summed E-state index contributed by atoms with van der Waals surface area (Å²) in [5.74, 6) is 2.13. The molecule has 0 saturated heterocycles. The molecule has 1 heterocycles. The molecule has 0 aliphatic rings. The Morgan fingerprint density at radius 2 is 2.17 bits per heavy atom. The van der Waals surface area contributed by atoms with E-state index in [1.807, 2.05) is 35.6 Å². The quantitative estimate of drug-likeness (QED) is 0.815. The van der Waals surface area contributed by atoms with Gasteiger partial charge in [-0.2, -0.15) is 16.9 Å². The fourth-order valence-electron chi connectivity index (χ4n) is 2.13. The molecule has 1 aromatic carbocycles. The first kappa shape index (κ1) is 13.4. The van der Waals surface area contributed by atoms with E-state index in [0.717, 1.165) is 34.5 Å². The van der Waals surface area contributed by atoms with Gasteiger partial charge in [0, 0.05) is 18.9 Å². The number of nitrogens with zero attached hydrogens (tertiary/aromatic N) is 2. The van der Waals surface area contributed by atoms with Crippen molar-refractivity contribution in [2.45, 2.75) is 25.9 Å². The zero-order chi connectivity index (χ0) is 13.0. The molecule has 1 unspecified atom stereocenters. The van der Waals surface area contributed by atoms with Crippen LogP contribution in [0.1, 0.15) is 19.0 Å². The summed E-state index contributed by atoms with van der Waals surface area (Å²) in [6.45, 7) is 2.14. The van der Waals surface area contributed by atoms with Gasteiger partial charge in [0.1, 0.15) is 0 Å². The van der Waals surface area contributed by atoms with E-state index in [9.17, 15) is 5.11 Å². The number of aromatic nitrogens is 2. The Balaban J connectivity index is 2.07. The van der Waals surface area contributed by atoms with Crippen molar-refractivity contribution in [3.8, 4) is 0 Å². The summed E-state index contributed by atoms with van der Waals surface area (Å²) in [7, 11) is 1.95. The molecule has 1 aromatic heterocycles. The molecule has 4 heteroatoms. The zero-order valence-electron chi connectivity index (χ0n) is 11.0. The van der Waals surface area contributed by atoms with Gasteiger partial charge >= 0.3 is 0 Å². The number of fused-ring (bicyclic) bond motifs is 1. The Kier molecular flexibility index (Phi) is 4.66. The topological polar surface area (TPSA) is 38.1 Å². The number of aryl methyl sites for hydroxylation is 1. The first-order chi connectivity index (χ1) is 8.72. The molecular weight excluding hydrogens is 244 g/mol. The highest BCUT2D eigenvalue weighted by Crippen LogP contribution is 2.19. The van der Waals surface area contributed by atoms with Gasteiger partial charge in [-0.05, 0) is 24.0 Å². The maximum absolute atomic E-state index is 10.0. The predicted molar refractivity (Wildman–Crippen MR) is 78.0 cm³/mol. The fourth-order valence-corrected chi connectivity index (χ4v) is 2.86. The van der Waals surface area contributed by atoms with Crippen molar-refractivity contribution in [2.75, 3.05) is 11.5 Å². The number of aliphatic hydroxyl groups excluding tert-OH is 1. The highest BCUT2D eigenvalue weighted by atomic mass is 32.2. The Morgan fingerprint density at radius 3 is 2.94 bits per heavy atom. The lowest BCUT2D eigenvalue weighted by Gasteiger charge is -2.08. The number of thioether (sulfide) groups is 1. The Morgan fingerprint density at radius 1 is 1.39 bits per heavy atom. The van der Waals surface area contributed by atoms with Crippen LogP contribution in [-0.4, -0.2) is 32.5 Å². The minimum absolute atomic E-state index is 0.289. The van der Waals surface area contributed by atoms with Crippen LogP contribution in [0.15, 0.2) is 24.3 Å². The van der Waals surface area contributed by atoms with E-state index < -0.39 is 0 Å². The third-order valence-corrected chi connectivity index (χ3v) is 4.00. The maximum Gasteiger partial charge on any atom is 0.0728 e. The van der Waals surface area contributed by atoms with Gasteiger partial charge in [-0.25, -0.2) is 0 Å². The van der Waals surface area contributed by atoms with Gasteiger partial charge < -0.3 is 5.11 Å². The van der Waals surface area contributed by atoms with E-state index >= 15 is 0 Å². The van der Waals surface area contributed by atoms with Gasteiger partial charge in [0.25, 0.3) is 0 Å². The van der Waals surface area contributed by atoms with E-state index in [4.69, 9.17) is 0 Å². The average molecular weight is 264 g/mol. The van der Waals surface area contributed by atoms with E-state index in [1.54, 1.807) is 0 Å². The molecule has 0 saturated carbocycles. The molecule has 2 rings (SSSR count). The largest absolute Gasteiger partial charge is 0.393 e. The monoisotopic (exact) mass is 264 g/mol. The molecule has 0 amide bonds. The SMILES string of the molecule is CCSCCC(O)Cc1nn(C)c2ccccc12. The van der Waals surface area contributed by atoms with Crippen molar-refractivity contribution in [2.24, 2.45) is 7.05 Å². The van der Waals surface area contributed by atoms with Crippen LogP contribution < -0.4 is 0 Å². The third kappa shape index (κ3) is 3.06. The van der Waals surface area contributed by atoms with Crippen LogP contribution in [0.25, 0.3) is 10.9 Å². The molecular formula is C14H20N2OS. The molecule has 0 spiro atoms. The number of benzene rings is 1. The average Bonchev–Trinajstić information content (AvgIpc) is 2.67. The van der Waals surface area contributed by atoms with E-state index in [0.29, 0.717) is 6.42 Å². The number of rotatable bonds is 6. The Bertz CT molecular complexity index is 509. The second-order valence-electron chi connectivity index (χ2n) is 4.43. The molecule has 1 atom stereocenters. The highest BCUT2D eigenvalue weighted by molar-refractivity contribution is 7.99. The minimum Gasteiger partial charge on any atom is -0.393 e. The van der Waals surface area contributed by atoms with Crippen molar-refractivity contribution < 1.29 is 5.11 Å². The van der Waals surface area contributed by atoms with Gasteiger partial charge in [-0.1, -0.05) is 25.1 Å². The number of aliphatic hydroxyl groups is 1. The fraction of sp³-hybridized carbons (Fsp3) is 0.500. The zero-order valence-corrected chi connectivity index (χ0v) is 11.8. The van der Waals surface area contributed by atoms with E-state index in [-0.39, 0.29) is 6.10 Å². The summed E-state index contributed by atoms with van der Waals surface area (Å²) in [6, 6.07) is 8.17. The summed E-state index contributed by atoms with van der Waals surface area (Å²) < 4.78 is 1.89. The van der Waals surface area contributed by atoms with Crippen LogP contribution >= 0.6 is 11.8 Å². The Hall–Kier alpha value is -1.00. The lowest BCUT2D eigenvalue weighted by atomic mass is 10.1. The van der Waals surface area contributed by atoms with Crippen LogP contribution in [-0.2, 0) is 13.5 Å². The summed E-state index contributed by atoms with van der Waals surface area (Å²) in [5.41, 5.74) is 2.13. The number of hydrogen-bond acceptors (Lipinski definition) is 3. The van der Waals surface area contributed by atoms with Crippen LogP contribution in [0.4, 0.5) is 0 Å². The summed E-state index contributed by atoms with van der Waals surface area (Å²) in [4.78, 5) is 0. The van der Waals surface area contributed by atoms with Crippen molar-refractivity contribution >= 4 is 22.7 Å². The predicted octanol–water partition coefficient (Wildman–Crippen LogP) is 2.62. The highest BCUT2D eigenvalue weighted by Gasteiger charge is 2.12. The third-order valence-electron chi connectivity index (χ3n) is 3.06. The first-order valence-electron chi connectivity index (χ1n) is 6.38. The van der Waals surface area contributed by atoms with Crippen LogP contribution in [0.5, 0.6) is 0 Å². The standard InChI is InChI=1S/C14H20N2OS/c1-3-18-9-8-11(17)10-13-12-6-4-5-7-14(12)16(2)15-13/h4-7,11,17H,3,8-10H2,1-2H3. The lowest BCUT2D eigenvalue weighted by molar-refractivity contribution is 0.171. The van der Waals surface area contributed by atoms with Crippen LogP contribution in [0.3, 0.4) is 0 Å². The molecule has 0 bridgehead atoms. The normalized spacial score (nSPS) is 13.1. The van der Waals surface area contributed by atoms with Gasteiger partial charge in [0.05, 0.1) is 17.3 Å². The van der Waals surface area contributed by atoms with Gasteiger partial charge in [-0.3, -0.25) is 4.68 Å². The number of hydrogen-bond donors (Lipinski definition) is 1. The lowest BCUT2D eigenvalue weighted by Crippen LogP contribution is -2.12. The van der Waals surface area contributed by atoms with Crippen molar-refractivity contribution in [1.29, 1.82) is 0 Å². The molecule has 3 nitrogen and oxygen atoms in total. The molecule has 1 N–H and O–H groups in total. The molecule has 18 heavy (non-hydrogen) atoms. The first-order valence-corrected chi connectivity index (χ1v) is 7.54. The molecule has 0 aliphatic heterocycles. The van der Waals surface area contributed by atoms with Gasteiger partial charge in [0.2, 0.25) is 0 Å². The maximum atomic E-state index is 10.0. The summed E-state index contributed by atoms with van der Waals surface area (Å²) >= 11 is 1.87. The molecule has 0 fully saturated rings. The van der Waals surface area contributed by atoms with Crippen molar-refractivity contribution in [3.63, 3.8) is 0 Å². The van der Waals surface area contributed by atoms with Gasteiger partial charge in [0.15, 0.2) is 0 Å². The van der Waals surface area contributed by atoms with E-state index in [2.05, 4.69) is 24.2 Å². The second-order valence-corrected chi connectivity index (χ2v) is 5.82. The molecule has 0 aliphatic carbocycles. The minimum atomic E-state index is -0.289. The second kappa shape index (κ2) is 6.25. The van der Waals surface area contributed by atoms with E-state index in [1.165, 1.54) is 0 Å². The van der Waals surface area contributed by atoms with Crippen molar-refractivity contribution in [3.05, 3.63) is 30.0 Å². The van der Waals surface area contributed by atoms with Gasteiger partial charge in [-0.15, -0.1) is 0 Å². The molecule has 0 radical (unpaired) electrons. The van der Waals surface area contributed by atoms with Crippen molar-refractivity contribution in [1.82, 2.24) is 9.78 Å². The Labute approximate surface area is 112 Å². The number of para-hydroxylation sites is 1. The van der Waals surface area contributed by atoms with Crippen LogP contribution in [0.2, 0.25) is 0 Å². The summed E-state index contributed by atoms with van der Waals surface area (Å²) in [5, 5.41) is 15.7. The van der Waals surface area contributed by atoms with Crippen LogP contribution in [0, 0.1) is 0 Å². The molecule has 98 valence electrons. The molecule has 2 aromatic rings. The summed E-state index contributed by atoms with van der Waals surface area (Å²) in [6.07, 6.45) is 1.19. The smallest absolute Gasteiger partial charge is 0.0728 e.